The summed E-state index contributed by atoms with van der Waals surface area (Å²) < 4.78 is 11.6. The summed E-state index contributed by atoms with van der Waals surface area (Å²) in [4.78, 5) is 27.7. The molecule has 1 heterocycles. The smallest absolute Gasteiger partial charge is 0.293 e. The number of methoxy groups -OCH3 is 1. The van der Waals surface area contributed by atoms with Gasteiger partial charge in [0.2, 0.25) is 0 Å². The zero-order valence-electron chi connectivity index (χ0n) is 19.1. The Hall–Kier alpha value is -4.03. The Kier molecular flexibility index (Phi) is 6.55. The molecule has 1 aliphatic rings. The number of hydrogen-bond acceptors (Lipinski definition) is 5. The Morgan fingerprint density at radius 2 is 1.60 bits per heavy atom. The van der Waals surface area contributed by atoms with Crippen LogP contribution < -0.4 is 9.47 Å². The van der Waals surface area contributed by atoms with Crippen LogP contribution in [0.25, 0.3) is 16.8 Å². The first kappa shape index (κ1) is 22.7. The lowest BCUT2D eigenvalue weighted by atomic mass is 10.0. The standard InChI is InChI=1S/C29H23NO4S/c1-33-25-16-8-13-22(27(25)34-19-20-9-3-2-4-10-20)17-26-28(31)30(29(32)35-26)18-23-14-7-12-21-11-5-6-15-24(21)23/h2-17H,18-19H2,1H3/b26-17-. The first-order valence-corrected chi connectivity index (χ1v) is 12.0. The van der Waals surface area contributed by atoms with Gasteiger partial charge < -0.3 is 9.47 Å². The normalized spacial score (nSPS) is 14.7. The molecule has 35 heavy (non-hydrogen) atoms. The van der Waals surface area contributed by atoms with Crippen LogP contribution in [0.1, 0.15) is 16.7 Å². The molecular formula is C29H23NO4S. The van der Waals surface area contributed by atoms with Crippen molar-refractivity contribution in [1.29, 1.82) is 0 Å². The molecule has 5 nitrogen and oxygen atoms in total. The van der Waals surface area contributed by atoms with E-state index < -0.39 is 0 Å². The van der Waals surface area contributed by atoms with E-state index >= 15 is 0 Å². The van der Waals surface area contributed by atoms with Gasteiger partial charge in [0.1, 0.15) is 6.61 Å². The molecule has 0 atom stereocenters. The van der Waals surface area contributed by atoms with Crippen LogP contribution in [-0.2, 0) is 17.9 Å². The Balaban J connectivity index is 1.42. The zero-order valence-corrected chi connectivity index (χ0v) is 20.0. The number of para-hydroxylation sites is 1. The van der Waals surface area contributed by atoms with Crippen LogP contribution in [0.4, 0.5) is 4.79 Å². The minimum atomic E-state index is -0.315. The largest absolute Gasteiger partial charge is 0.493 e. The number of ether oxygens (including phenoxy) is 2. The fourth-order valence-corrected chi connectivity index (χ4v) is 4.90. The fraction of sp³-hybridized carbons (Fsp3) is 0.103. The van der Waals surface area contributed by atoms with Gasteiger partial charge in [0.25, 0.3) is 11.1 Å². The SMILES string of the molecule is COc1cccc(/C=C2\SC(=O)N(Cc3cccc4ccccc34)C2=O)c1OCc1ccccc1. The molecule has 5 rings (SSSR count). The van der Waals surface area contributed by atoms with Crippen molar-refractivity contribution in [3.63, 3.8) is 0 Å². The second kappa shape index (κ2) is 10.1. The van der Waals surface area contributed by atoms with Crippen LogP contribution in [-0.4, -0.2) is 23.2 Å². The summed E-state index contributed by atoms with van der Waals surface area (Å²) in [6.07, 6.45) is 1.71. The number of amides is 2. The maximum atomic E-state index is 13.2. The average molecular weight is 482 g/mol. The molecule has 4 aromatic rings. The maximum Gasteiger partial charge on any atom is 0.293 e. The second-order valence-corrected chi connectivity index (χ2v) is 9.05. The number of carbonyl (C=O) groups excluding carboxylic acids is 2. The summed E-state index contributed by atoms with van der Waals surface area (Å²) in [6, 6.07) is 29.2. The predicted molar refractivity (Wildman–Crippen MR) is 139 cm³/mol. The molecule has 2 amide bonds. The molecule has 0 aromatic heterocycles. The highest BCUT2D eigenvalue weighted by molar-refractivity contribution is 8.18. The van der Waals surface area contributed by atoms with E-state index in [0.29, 0.717) is 28.6 Å². The summed E-state index contributed by atoms with van der Waals surface area (Å²) in [5.74, 6) is 0.772. The molecule has 1 aliphatic heterocycles. The molecule has 0 radical (unpaired) electrons. The summed E-state index contributed by atoms with van der Waals surface area (Å²) in [5, 5.41) is 1.82. The lowest BCUT2D eigenvalue weighted by Crippen LogP contribution is -2.27. The highest BCUT2D eigenvalue weighted by Gasteiger charge is 2.35. The molecule has 0 spiro atoms. The summed E-state index contributed by atoms with van der Waals surface area (Å²) >= 11 is 0.940. The van der Waals surface area contributed by atoms with Crippen molar-refractivity contribution in [2.24, 2.45) is 0 Å². The van der Waals surface area contributed by atoms with E-state index in [1.165, 1.54) is 4.90 Å². The van der Waals surface area contributed by atoms with Crippen LogP contribution in [0.15, 0.2) is 95.9 Å². The van der Waals surface area contributed by atoms with Crippen LogP contribution in [0.3, 0.4) is 0 Å². The molecule has 0 unspecified atom stereocenters. The van der Waals surface area contributed by atoms with Gasteiger partial charge in [-0.1, -0.05) is 84.9 Å². The number of benzene rings is 4. The number of imide groups is 1. The second-order valence-electron chi connectivity index (χ2n) is 8.06. The van der Waals surface area contributed by atoms with E-state index in [4.69, 9.17) is 9.47 Å². The summed E-state index contributed by atoms with van der Waals surface area (Å²) in [7, 11) is 1.58. The molecule has 0 bridgehead atoms. The number of thioether (sulfide) groups is 1. The van der Waals surface area contributed by atoms with Crippen LogP contribution >= 0.6 is 11.8 Å². The minimum absolute atomic E-state index is 0.221. The van der Waals surface area contributed by atoms with E-state index in [2.05, 4.69) is 0 Å². The molecule has 4 aromatic carbocycles. The molecule has 0 saturated carbocycles. The quantitative estimate of drug-likeness (QED) is 0.276. The zero-order chi connectivity index (χ0) is 24.2. The Labute approximate surface area is 208 Å². The minimum Gasteiger partial charge on any atom is -0.493 e. The van der Waals surface area contributed by atoms with Crippen molar-refractivity contribution in [2.75, 3.05) is 7.11 Å². The highest BCUT2D eigenvalue weighted by Crippen LogP contribution is 2.38. The molecular weight excluding hydrogens is 458 g/mol. The number of fused-ring (bicyclic) bond motifs is 1. The van der Waals surface area contributed by atoms with Crippen LogP contribution in [0.5, 0.6) is 11.5 Å². The van der Waals surface area contributed by atoms with Gasteiger partial charge in [-0.3, -0.25) is 14.5 Å². The molecule has 0 aliphatic carbocycles. The van der Waals surface area contributed by atoms with Crippen LogP contribution in [0, 0.1) is 0 Å². The van der Waals surface area contributed by atoms with Gasteiger partial charge >= 0.3 is 0 Å². The third-order valence-electron chi connectivity index (χ3n) is 5.82. The van der Waals surface area contributed by atoms with Crippen molar-refractivity contribution in [3.05, 3.63) is 113 Å². The van der Waals surface area contributed by atoms with Gasteiger partial charge in [-0.2, -0.15) is 0 Å². The average Bonchev–Trinajstić information content (AvgIpc) is 3.15. The Bertz CT molecular complexity index is 1430. The monoisotopic (exact) mass is 481 g/mol. The van der Waals surface area contributed by atoms with Crippen LogP contribution in [0.2, 0.25) is 0 Å². The number of hydrogen-bond donors (Lipinski definition) is 0. The van der Waals surface area contributed by atoms with Crippen molar-refractivity contribution in [1.82, 2.24) is 4.90 Å². The topological polar surface area (TPSA) is 55.8 Å². The van der Waals surface area contributed by atoms with Gasteiger partial charge in [-0.15, -0.1) is 0 Å². The molecule has 0 N–H and O–H groups in total. The fourth-order valence-electron chi connectivity index (χ4n) is 4.07. The number of carbonyl (C=O) groups is 2. The number of rotatable bonds is 7. The molecule has 174 valence electrons. The van der Waals surface area contributed by atoms with Crippen molar-refractivity contribution < 1.29 is 19.1 Å². The summed E-state index contributed by atoms with van der Waals surface area (Å²) in [5.41, 5.74) is 2.62. The summed E-state index contributed by atoms with van der Waals surface area (Å²) in [6.45, 7) is 0.573. The molecule has 1 saturated heterocycles. The van der Waals surface area contributed by atoms with Crippen molar-refractivity contribution in [2.45, 2.75) is 13.2 Å². The lowest BCUT2D eigenvalue weighted by molar-refractivity contribution is -0.123. The van der Waals surface area contributed by atoms with Gasteiger partial charge in [0, 0.05) is 5.56 Å². The third-order valence-corrected chi connectivity index (χ3v) is 6.73. The molecule has 1 fully saturated rings. The highest BCUT2D eigenvalue weighted by atomic mass is 32.2. The number of nitrogens with zero attached hydrogens (tertiary/aromatic N) is 1. The Morgan fingerprint density at radius 1 is 0.857 bits per heavy atom. The Morgan fingerprint density at radius 3 is 2.43 bits per heavy atom. The van der Waals surface area contributed by atoms with E-state index in [1.54, 1.807) is 13.2 Å². The lowest BCUT2D eigenvalue weighted by Gasteiger charge is -2.15. The third kappa shape index (κ3) is 4.79. The van der Waals surface area contributed by atoms with E-state index in [9.17, 15) is 9.59 Å². The van der Waals surface area contributed by atoms with E-state index in [-0.39, 0.29) is 17.7 Å². The molecule has 6 heteroatoms. The predicted octanol–water partition coefficient (Wildman–Crippen LogP) is 6.66. The maximum absolute atomic E-state index is 13.2. The van der Waals surface area contributed by atoms with Crippen molar-refractivity contribution in [3.8, 4) is 11.5 Å². The van der Waals surface area contributed by atoms with E-state index in [0.717, 1.165) is 33.7 Å². The van der Waals surface area contributed by atoms with E-state index in [1.807, 2.05) is 91.0 Å². The van der Waals surface area contributed by atoms with Gasteiger partial charge in [0.05, 0.1) is 18.6 Å². The van der Waals surface area contributed by atoms with Gasteiger partial charge in [0.15, 0.2) is 11.5 Å². The van der Waals surface area contributed by atoms with Crippen molar-refractivity contribution >= 4 is 39.8 Å². The van der Waals surface area contributed by atoms with Gasteiger partial charge in [-0.05, 0) is 45.8 Å². The first-order valence-electron chi connectivity index (χ1n) is 11.2. The first-order chi connectivity index (χ1) is 17.1. The van der Waals surface area contributed by atoms with Gasteiger partial charge in [-0.25, -0.2) is 0 Å².